The van der Waals surface area contributed by atoms with Gasteiger partial charge in [-0.25, -0.2) is 13.4 Å². The van der Waals surface area contributed by atoms with E-state index in [1.807, 2.05) is 0 Å². The first-order chi connectivity index (χ1) is 17.2. The van der Waals surface area contributed by atoms with Crippen LogP contribution in [-0.2, 0) is 16.4 Å². The van der Waals surface area contributed by atoms with Gasteiger partial charge in [0.05, 0.1) is 16.3 Å². The van der Waals surface area contributed by atoms with Crippen LogP contribution in [0.5, 0.6) is 11.5 Å². The number of hydrogen-bond donors (Lipinski definition) is 2. The van der Waals surface area contributed by atoms with Gasteiger partial charge in [-0.3, -0.25) is 4.79 Å². The molecule has 9 nitrogen and oxygen atoms in total. The summed E-state index contributed by atoms with van der Waals surface area (Å²) in [5.41, 5.74) is 1.41. The third kappa shape index (κ3) is 4.32. The largest absolute Gasteiger partial charge is 0.507 e. The average Bonchev–Trinajstić information content (AvgIpc) is 3.39. The van der Waals surface area contributed by atoms with Gasteiger partial charge in [-0.2, -0.15) is 0 Å². The average molecular weight is 524 g/mol. The predicted molar refractivity (Wildman–Crippen MR) is 135 cm³/mol. The fraction of sp³-hybridized carbons (Fsp3) is 0.0800. The molecule has 0 fully saturated rings. The summed E-state index contributed by atoms with van der Waals surface area (Å²) in [4.78, 5) is 16.6. The summed E-state index contributed by atoms with van der Waals surface area (Å²) in [6.07, 6.45) is 2.49. The number of fused-ring (bicyclic) bond motifs is 1. The summed E-state index contributed by atoms with van der Waals surface area (Å²) in [5, 5.41) is 25.0. The number of phenols is 2. The SMILES string of the molecule is O=c1cc(-c2ccccc2Cl)oc2c(-c3ccc(CCS(=O)(=O)n4cncn4)cc3)c(O)cc(O)c12. The second-order valence-corrected chi connectivity index (χ2v) is 10.3. The lowest BCUT2D eigenvalue weighted by Crippen LogP contribution is -2.18. The van der Waals surface area contributed by atoms with Crippen molar-refractivity contribution in [2.75, 3.05) is 5.75 Å². The van der Waals surface area contributed by atoms with Crippen LogP contribution in [0.4, 0.5) is 0 Å². The Bertz CT molecular complexity index is 1750. The lowest BCUT2D eigenvalue weighted by molar-refractivity contribution is 0.454. The number of phenolic OH excluding ortho intramolecular Hbond substituents is 2. The molecular formula is C25H18ClN3O6S. The molecule has 5 rings (SSSR count). The van der Waals surface area contributed by atoms with Gasteiger partial charge < -0.3 is 14.6 Å². The fourth-order valence-corrected chi connectivity index (χ4v) is 5.19. The molecule has 0 aliphatic rings. The van der Waals surface area contributed by atoms with E-state index in [1.54, 1.807) is 48.5 Å². The minimum Gasteiger partial charge on any atom is -0.507 e. The first-order valence-electron chi connectivity index (χ1n) is 10.7. The number of aromatic hydroxyl groups is 2. The number of aryl methyl sites for hydroxylation is 1. The summed E-state index contributed by atoms with van der Waals surface area (Å²) in [6.45, 7) is 0. The van der Waals surface area contributed by atoms with E-state index in [0.29, 0.717) is 16.1 Å². The number of aromatic nitrogens is 3. The van der Waals surface area contributed by atoms with Crippen molar-refractivity contribution in [2.24, 2.45) is 0 Å². The zero-order chi connectivity index (χ0) is 25.4. The number of rotatable bonds is 6. The molecule has 0 saturated heterocycles. The van der Waals surface area contributed by atoms with Crippen molar-refractivity contribution in [3.63, 3.8) is 0 Å². The molecule has 2 aromatic heterocycles. The second-order valence-electron chi connectivity index (χ2n) is 7.98. The van der Waals surface area contributed by atoms with Gasteiger partial charge in [0.15, 0.2) is 11.0 Å². The normalized spacial score (nSPS) is 11.7. The van der Waals surface area contributed by atoms with Gasteiger partial charge in [0.1, 0.15) is 35.3 Å². The van der Waals surface area contributed by atoms with E-state index in [-0.39, 0.29) is 40.2 Å². The Balaban J connectivity index is 1.55. The molecule has 2 N–H and O–H groups in total. The van der Waals surface area contributed by atoms with E-state index in [9.17, 15) is 23.4 Å². The summed E-state index contributed by atoms with van der Waals surface area (Å²) in [6, 6.07) is 15.9. The van der Waals surface area contributed by atoms with E-state index >= 15 is 0 Å². The zero-order valence-electron chi connectivity index (χ0n) is 18.5. The highest BCUT2D eigenvalue weighted by atomic mass is 35.5. The summed E-state index contributed by atoms with van der Waals surface area (Å²) >= 11 is 6.28. The van der Waals surface area contributed by atoms with E-state index < -0.39 is 21.2 Å². The fourth-order valence-electron chi connectivity index (χ4n) is 3.89. The van der Waals surface area contributed by atoms with Gasteiger partial charge in [0.2, 0.25) is 0 Å². The molecule has 2 heterocycles. The van der Waals surface area contributed by atoms with Crippen LogP contribution in [0.2, 0.25) is 5.02 Å². The Labute approximate surface area is 209 Å². The molecule has 11 heteroatoms. The van der Waals surface area contributed by atoms with Gasteiger partial charge >= 0.3 is 0 Å². The van der Waals surface area contributed by atoms with Crippen molar-refractivity contribution in [3.8, 4) is 33.9 Å². The minimum absolute atomic E-state index is 0.00331. The summed E-state index contributed by atoms with van der Waals surface area (Å²) in [5.74, 6) is -0.708. The highest BCUT2D eigenvalue weighted by Gasteiger charge is 2.20. The summed E-state index contributed by atoms with van der Waals surface area (Å²) < 4.78 is 31.5. The Morgan fingerprint density at radius 3 is 2.44 bits per heavy atom. The molecule has 0 spiro atoms. The predicted octanol–water partition coefficient (Wildman–Crippen LogP) is 4.20. The molecule has 0 amide bonds. The van der Waals surface area contributed by atoms with Crippen molar-refractivity contribution < 1.29 is 23.0 Å². The maximum absolute atomic E-state index is 12.9. The van der Waals surface area contributed by atoms with Crippen LogP contribution < -0.4 is 5.43 Å². The van der Waals surface area contributed by atoms with Crippen molar-refractivity contribution in [2.45, 2.75) is 6.42 Å². The Hall–Kier alpha value is -4.15. The molecule has 3 aromatic carbocycles. The number of halogens is 1. The van der Waals surface area contributed by atoms with Gasteiger partial charge in [0, 0.05) is 17.7 Å². The highest BCUT2D eigenvalue weighted by Crippen LogP contribution is 2.41. The van der Waals surface area contributed by atoms with E-state index in [2.05, 4.69) is 10.1 Å². The number of hydrogen-bond acceptors (Lipinski definition) is 8. The van der Waals surface area contributed by atoms with Gasteiger partial charge in [-0.15, -0.1) is 9.19 Å². The molecule has 0 unspecified atom stereocenters. The second kappa shape index (κ2) is 9.14. The molecule has 182 valence electrons. The Morgan fingerprint density at radius 1 is 1.00 bits per heavy atom. The topological polar surface area (TPSA) is 136 Å². The molecule has 0 saturated carbocycles. The molecule has 36 heavy (non-hydrogen) atoms. The molecule has 5 aromatic rings. The van der Waals surface area contributed by atoms with E-state index in [4.69, 9.17) is 16.0 Å². The number of nitrogens with zero attached hydrogens (tertiary/aromatic N) is 3. The summed E-state index contributed by atoms with van der Waals surface area (Å²) in [7, 11) is -3.64. The van der Waals surface area contributed by atoms with E-state index in [1.165, 1.54) is 6.07 Å². The lowest BCUT2D eigenvalue weighted by Gasteiger charge is -2.12. The molecular weight excluding hydrogens is 506 g/mol. The highest BCUT2D eigenvalue weighted by molar-refractivity contribution is 7.89. The molecule has 0 bridgehead atoms. The Morgan fingerprint density at radius 2 is 1.75 bits per heavy atom. The van der Waals surface area contributed by atoms with Crippen molar-refractivity contribution in [1.29, 1.82) is 0 Å². The van der Waals surface area contributed by atoms with Gasteiger partial charge in [-0.05, 0) is 29.7 Å². The molecule has 0 atom stereocenters. The number of benzene rings is 3. The maximum Gasteiger partial charge on any atom is 0.255 e. The van der Waals surface area contributed by atoms with Crippen LogP contribution in [0.25, 0.3) is 33.4 Å². The minimum atomic E-state index is -3.64. The molecule has 0 radical (unpaired) electrons. The van der Waals surface area contributed by atoms with Crippen LogP contribution in [0, 0.1) is 0 Å². The molecule has 0 aliphatic carbocycles. The van der Waals surface area contributed by atoms with E-state index in [0.717, 1.165) is 28.4 Å². The monoisotopic (exact) mass is 523 g/mol. The van der Waals surface area contributed by atoms with Crippen LogP contribution in [0.1, 0.15) is 5.56 Å². The quantitative estimate of drug-likeness (QED) is 0.338. The first-order valence-corrected chi connectivity index (χ1v) is 12.7. The van der Waals surface area contributed by atoms with Crippen LogP contribution >= 0.6 is 11.6 Å². The van der Waals surface area contributed by atoms with Gasteiger partial charge in [-0.1, -0.05) is 48.0 Å². The maximum atomic E-state index is 12.9. The standard InChI is InChI=1S/C25H18ClN3O6S/c26-18-4-2-1-3-17(18)22-12-21(32)24-20(31)11-19(30)23(25(24)35-22)16-7-5-15(6-8-16)9-10-36(33,34)29-14-27-13-28-29/h1-8,11-14,30-31H,9-10H2. The first kappa shape index (κ1) is 23.6. The zero-order valence-corrected chi connectivity index (χ0v) is 20.1. The van der Waals surface area contributed by atoms with Crippen LogP contribution in [0.3, 0.4) is 0 Å². The Kier molecular flexibility index (Phi) is 5.99. The lowest BCUT2D eigenvalue weighted by atomic mass is 9.98. The van der Waals surface area contributed by atoms with Crippen molar-refractivity contribution in [1.82, 2.24) is 14.2 Å². The van der Waals surface area contributed by atoms with Crippen LogP contribution in [-0.4, -0.2) is 38.6 Å². The van der Waals surface area contributed by atoms with Gasteiger partial charge in [0.25, 0.3) is 10.0 Å². The van der Waals surface area contributed by atoms with Crippen molar-refractivity contribution >= 4 is 32.6 Å². The third-order valence-electron chi connectivity index (χ3n) is 5.67. The molecule has 0 aliphatic heterocycles. The smallest absolute Gasteiger partial charge is 0.255 e. The third-order valence-corrected chi connectivity index (χ3v) is 7.48. The van der Waals surface area contributed by atoms with Crippen LogP contribution in [0.15, 0.2) is 82.5 Å². The van der Waals surface area contributed by atoms with Crippen molar-refractivity contribution in [3.05, 3.63) is 94.1 Å².